The Morgan fingerprint density at radius 2 is 1.57 bits per heavy atom. The first kappa shape index (κ1) is 21.8. The Balaban J connectivity index is 5.16. The summed E-state index contributed by atoms with van der Waals surface area (Å²) < 4.78 is 30.7. The first-order valence-electron chi connectivity index (χ1n) is 6.58. The Morgan fingerprint density at radius 3 is 1.86 bits per heavy atom. The van der Waals surface area contributed by atoms with Gasteiger partial charge in [0.25, 0.3) is 10.1 Å². The predicted molar refractivity (Wildman–Crippen MR) is 103 cm³/mol. The molecule has 0 spiro atoms. The lowest BCUT2D eigenvalue weighted by Gasteiger charge is -2.35. The number of rotatable bonds is 7. The standard InChI is InChI=1S/C13H25I2NO4S/c1-11(2,14)7-9(13(5,6)15)10(17)16-12(3,4)8-21(18,19)20/h9H,7-8H2,1-6H3,(H,16,17)(H,18,19,20). The molecule has 0 aromatic carbocycles. The number of carbonyl (C=O) groups excluding carboxylic acids is 1. The molecule has 1 amide bonds. The molecule has 0 bridgehead atoms. The minimum Gasteiger partial charge on any atom is -0.350 e. The number of carbonyl (C=O) groups is 1. The third-order valence-corrected chi connectivity index (χ3v) is 5.12. The molecular weight excluding hydrogens is 520 g/mol. The Hall–Kier alpha value is 0.840. The second-order valence-corrected chi connectivity index (χ2v) is 14.3. The van der Waals surface area contributed by atoms with Gasteiger partial charge < -0.3 is 5.32 Å². The molecule has 0 saturated carbocycles. The minimum absolute atomic E-state index is 0.0462. The minimum atomic E-state index is -4.14. The fourth-order valence-electron chi connectivity index (χ4n) is 2.05. The molecule has 2 N–H and O–H groups in total. The van der Waals surface area contributed by atoms with E-state index in [2.05, 4.69) is 64.3 Å². The molecule has 0 saturated heterocycles. The van der Waals surface area contributed by atoms with Crippen molar-refractivity contribution in [1.29, 1.82) is 0 Å². The van der Waals surface area contributed by atoms with E-state index < -0.39 is 21.4 Å². The van der Waals surface area contributed by atoms with Gasteiger partial charge in [-0.15, -0.1) is 0 Å². The lowest BCUT2D eigenvalue weighted by Crippen LogP contribution is -2.53. The third-order valence-electron chi connectivity index (χ3n) is 2.84. The van der Waals surface area contributed by atoms with Crippen molar-refractivity contribution in [3.05, 3.63) is 0 Å². The SMILES string of the molecule is CC(C)(I)CC(C(=O)NC(C)(C)CS(=O)(=O)O)C(C)(C)I. The van der Waals surface area contributed by atoms with Crippen LogP contribution in [0, 0.1) is 5.92 Å². The molecule has 5 nitrogen and oxygen atoms in total. The topological polar surface area (TPSA) is 83.5 Å². The highest BCUT2D eigenvalue weighted by molar-refractivity contribution is 14.1. The maximum Gasteiger partial charge on any atom is 0.267 e. The van der Waals surface area contributed by atoms with Crippen LogP contribution in [0.4, 0.5) is 0 Å². The van der Waals surface area contributed by atoms with E-state index in [1.54, 1.807) is 13.8 Å². The first-order chi connectivity index (χ1) is 8.93. The van der Waals surface area contributed by atoms with Gasteiger partial charge in [-0.1, -0.05) is 72.9 Å². The van der Waals surface area contributed by atoms with Crippen molar-refractivity contribution >= 4 is 61.2 Å². The summed E-state index contributed by atoms with van der Waals surface area (Å²) in [6.07, 6.45) is 0.678. The van der Waals surface area contributed by atoms with Crippen LogP contribution in [0.3, 0.4) is 0 Å². The molecule has 0 heterocycles. The quantitative estimate of drug-likeness (QED) is 0.293. The smallest absolute Gasteiger partial charge is 0.267 e. The van der Waals surface area contributed by atoms with Crippen LogP contribution in [0.15, 0.2) is 0 Å². The number of halogens is 2. The monoisotopic (exact) mass is 545 g/mol. The zero-order valence-electron chi connectivity index (χ0n) is 13.3. The normalized spacial score (nSPS) is 15.7. The van der Waals surface area contributed by atoms with Crippen molar-refractivity contribution in [1.82, 2.24) is 5.32 Å². The molecule has 0 aromatic rings. The van der Waals surface area contributed by atoms with E-state index >= 15 is 0 Å². The summed E-state index contributed by atoms with van der Waals surface area (Å²) in [6, 6.07) is 0. The molecule has 1 unspecified atom stereocenters. The van der Waals surface area contributed by atoms with Crippen molar-refractivity contribution in [3.63, 3.8) is 0 Å². The van der Waals surface area contributed by atoms with Gasteiger partial charge in [-0.2, -0.15) is 8.42 Å². The van der Waals surface area contributed by atoms with E-state index in [4.69, 9.17) is 4.55 Å². The molecule has 126 valence electrons. The van der Waals surface area contributed by atoms with Crippen molar-refractivity contribution in [2.75, 3.05) is 5.75 Å². The van der Waals surface area contributed by atoms with Gasteiger partial charge >= 0.3 is 0 Å². The van der Waals surface area contributed by atoms with Crippen molar-refractivity contribution in [2.24, 2.45) is 5.92 Å². The second kappa shape index (κ2) is 7.16. The zero-order valence-corrected chi connectivity index (χ0v) is 18.5. The van der Waals surface area contributed by atoms with Crippen molar-refractivity contribution < 1.29 is 17.8 Å². The number of amides is 1. The van der Waals surface area contributed by atoms with Gasteiger partial charge in [-0.25, -0.2) is 0 Å². The summed E-state index contributed by atoms with van der Waals surface area (Å²) in [7, 11) is -4.14. The molecule has 0 aliphatic rings. The van der Waals surface area contributed by atoms with Gasteiger partial charge in [-0.3, -0.25) is 9.35 Å². The van der Waals surface area contributed by atoms with Crippen LogP contribution in [0.2, 0.25) is 0 Å². The van der Waals surface area contributed by atoms with E-state index in [9.17, 15) is 13.2 Å². The van der Waals surface area contributed by atoms with Crippen molar-refractivity contribution in [3.8, 4) is 0 Å². The van der Waals surface area contributed by atoms with Crippen LogP contribution >= 0.6 is 45.2 Å². The van der Waals surface area contributed by atoms with Gasteiger partial charge in [-0.05, 0) is 20.3 Å². The second-order valence-electron chi connectivity index (χ2n) is 7.14. The van der Waals surface area contributed by atoms with Crippen LogP contribution in [-0.2, 0) is 14.9 Å². The number of nitrogens with one attached hydrogen (secondary N) is 1. The molecule has 0 fully saturated rings. The molecule has 0 rings (SSSR count). The van der Waals surface area contributed by atoms with Crippen LogP contribution in [0.5, 0.6) is 0 Å². The Bertz CT molecular complexity index is 475. The van der Waals surface area contributed by atoms with E-state index in [-0.39, 0.29) is 18.7 Å². The number of hydrogen-bond donors (Lipinski definition) is 2. The molecule has 0 aliphatic carbocycles. The summed E-state index contributed by atoms with van der Waals surface area (Å²) in [5.41, 5.74) is -1.01. The summed E-state index contributed by atoms with van der Waals surface area (Å²) in [6.45, 7) is 11.3. The first-order valence-corrected chi connectivity index (χ1v) is 10.3. The molecule has 1 atom stereocenters. The van der Waals surface area contributed by atoms with Gasteiger partial charge in [0.15, 0.2) is 0 Å². The Labute approximate surface area is 155 Å². The number of alkyl halides is 2. The fraction of sp³-hybridized carbons (Fsp3) is 0.923. The lowest BCUT2D eigenvalue weighted by atomic mass is 9.86. The average Bonchev–Trinajstić information content (AvgIpc) is 2.05. The van der Waals surface area contributed by atoms with Crippen molar-refractivity contribution in [2.45, 2.75) is 60.3 Å². The highest BCUT2D eigenvalue weighted by atomic mass is 127. The molecule has 0 aliphatic heterocycles. The Morgan fingerprint density at radius 1 is 1.14 bits per heavy atom. The van der Waals surface area contributed by atoms with E-state index in [1.807, 2.05) is 13.8 Å². The summed E-state index contributed by atoms with van der Waals surface area (Å²) in [4.78, 5) is 12.6. The number of hydrogen-bond acceptors (Lipinski definition) is 3. The Kier molecular flexibility index (Phi) is 7.45. The van der Waals surface area contributed by atoms with E-state index in [0.717, 1.165) is 0 Å². The van der Waals surface area contributed by atoms with Crippen LogP contribution in [0.1, 0.15) is 48.0 Å². The van der Waals surface area contributed by atoms with Crippen LogP contribution in [0.25, 0.3) is 0 Å². The fourth-order valence-corrected chi connectivity index (χ4v) is 3.97. The summed E-state index contributed by atoms with van der Waals surface area (Å²) in [5, 5.41) is 2.76. The summed E-state index contributed by atoms with van der Waals surface area (Å²) >= 11 is 4.55. The van der Waals surface area contributed by atoms with Gasteiger partial charge in [0.1, 0.15) is 0 Å². The van der Waals surface area contributed by atoms with Gasteiger partial charge in [0.05, 0.1) is 17.2 Å². The maximum atomic E-state index is 12.6. The maximum absolute atomic E-state index is 12.6. The average molecular weight is 545 g/mol. The van der Waals surface area contributed by atoms with E-state index in [0.29, 0.717) is 6.42 Å². The zero-order chi connectivity index (χ0) is 17.3. The molecule has 0 radical (unpaired) electrons. The molecule has 21 heavy (non-hydrogen) atoms. The predicted octanol–water partition coefficient (Wildman–Crippen LogP) is 3.20. The van der Waals surface area contributed by atoms with Crippen LogP contribution < -0.4 is 5.32 Å². The van der Waals surface area contributed by atoms with Gasteiger partial charge in [0.2, 0.25) is 5.91 Å². The van der Waals surface area contributed by atoms with Gasteiger partial charge in [0, 0.05) is 6.84 Å². The highest BCUT2D eigenvalue weighted by Crippen LogP contribution is 2.37. The lowest BCUT2D eigenvalue weighted by molar-refractivity contribution is -0.127. The summed E-state index contributed by atoms with van der Waals surface area (Å²) in [5.74, 6) is -0.952. The van der Waals surface area contributed by atoms with Crippen LogP contribution in [-0.4, -0.2) is 37.0 Å². The third kappa shape index (κ3) is 10.3. The molecule has 8 heteroatoms. The molecular formula is C13H25I2NO4S. The largest absolute Gasteiger partial charge is 0.350 e. The van der Waals surface area contributed by atoms with E-state index in [1.165, 1.54) is 0 Å². The highest BCUT2D eigenvalue weighted by Gasteiger charge is 2.39. The molecule has 0 aromatic heterocycles.